The highest BCUT2D eigenvalue weighted by atomic mass is 14.2. The zero-order chi connectivity index (χ0) is 22.2. The van der Waals surface area contributed by atoms with Crippen LogP contribution in [-0.2, 0) is 25.7 Å². The predicted molar refractivity (Wildman–Crippen MR) is 140 cm³/mol. The first-order valence-electron chi connectivity index (χ1n) is 12.2. The third-order valence-corrected chi connectivity index (χ3v) is 7.92. The van der Waals surface area contributed by atoms with E-state index in [4.69, 9.17) is 0 Å². The molecule has 6 rings (SSSR count). The molecule has 32 heavy (non-hydrogen) atoms. The fourth-order valence-corrected chi connectivity index (χ4v) is 6.07. The van der Waals surface area contributed by atoms with Gasteiger partial charge in [-0.2, -0.15) is 0 Å². The Labute approximate surface area is 193 Å². The lowest BCUT2D eigenvalue weighted by molar-refractivity contribution is 0.680. The second-order valence-electron chi connectivity index (χ2n) is 9.59. The van der Waals surface area contributed by atoms with Crippen molar-refractivity contribution in [1.82, 2.24) is 0 Å². The molecule has 0 fully saturated rings. The number of allylic oxidation sites excluding steroid dienone is 2. The quantitative estimate of drug-likeness (QED) is 0.251. The van der Waals surface area contributed by atoms with Crippen LogP contribution in [0.4, 0.5) is 0 Å². The van der Waals surface area contributed by atoms with Crippen LogP contribution in [-0.4, -0.2) is 0 Å². The van der Waals surface area contributed by atoms with Gasteiger partial charge in [0.05, 0.1) is 0 Å². The highest BCUT2D eigenvalue weighted by Gasteiger charge is 2.17. The predicted octanol–water partition coefficient (Wildman–Crippen LogP) is 8.45. The number of rotatable bonds is 0. The van der Waals surface area contributed by atoms with Crippen molar-refractivity contribution in [2.24, 2.45) is 0 Å². The van der Waals surface area contributed by atoms with Crippen LogP contribution in [0.15, 0.2) is 60.7 Å². The Kier molecular flexibility index (Phi) is 5.64. The molecule has 0 N–H and O–H groups in total. The second-order valence-corrected chi connectivity index (χ2v) is 9.59. The van der Waals surface area contributed by atoms with Crippen LogP contribution in [0.2, 0.25) is 0 Å². The first-order valence-corrected chi connectivity index (χ1v) is 12.2. The van der Waals surface area contributed by atoms with Gasteiger partial charge in [0.2, 0.25) is 0 Å². The Morgan fingerprint density at radius 1 is 0.438 bits per heavy atom. The summed E-state index contributed by atoms with van der Waals surface area (Å²) < 4.78 is 0. The van der Waals surface area contributed by atoms with E-state index in [2.05, 4.69) is 88.4 Å². The Hall–Kier alpha value is -2.86. The summed E-state index contributed by atoms with van der Waals surface area (Å²) in [5.41, 5.74) is 12.4. The lowest BCUT2D eigenvalue weighted by Gasteiger charge is -2.22. The van der Waals surface area contributed by atoms with Crippen molar-refractivity contribution in [3.8, 4) is 0 Å². The molecule has 2 aliphatic rings. The Morgan fingerprint density at radius 3 is 1.09 bits per heavy atom. The van der Waals surface area contributed by atoms with E-state index in [1.807, 2.05) is 0 Å². The van der Waals surface area contributed by atoms with Gasteiger partial charge in [0.25, 0.3) is 0 Å². The lowest BCUT2D eigenvalue weighted by atomic mass is 9.82. The van der Waals surface area contributed by atoms with E-state index in [0.29, 0.717) is 0 Å². The Balaban J connectivity index is 0.000000135. The van der Waals surface area contributed by atoms with Crippen LogP contribution in [0.1, 0.15) is 57.3 Å². The van der Waals surface area contributed by atoms with E-state index in [-0.39, 0.29) is 0 Å². The summed E-state index contributed by atoms with van der Waals surface area (Å²) in [6.07, 6.45) is 12.1. The molecule has 2 aliphatic carbocycles. The minimum absolute atomic E-state index is 1.10. The summed E-state index contributed by atoms with van der Waals surface area (Å²) >= 11 is 0. The third-order valence-electron chi connectivity index (χ3n) is 7.92. The molecule has 0 spiro atoms. The molecule has 0 heterocycles. The molecule has 0 atom stereocenters. The van der Waals surface area contributed by atoms with Crippen LogP contribution in [0.25, 0.3) is 21.5 Å². The summed E-state index contributed by atoms with van der Waals surface area (Å²) in [6, 6.07) is 17.6. The van der Waals surface area contributed by atoms with Gasteiger partial charge in [0, 0.05) is 0 Å². The Bertz CT molecular complexity index is 1250. The van der Waals surface area contributed by atoms with E-state index in [9.17, 15) is 0 Å². The van der Waals surface area contributed by atoms with Gasteiger partial charge in [0.15, 0.2) is 0 Å². The summed E-state index contributed by atoms with van der Waals surface area (Å²) in [7, 11) is 0. The molecule has 0 bridgehead atoms. The van der Waals surface area contributed by atoms with Gasteiger partial charge < -0.3 is 0 Å². The summed E-state index contributed by atoms with van der Waals surface area (Å²) in [6.45, 7) is 9.12. The van der Waals surface area contributed by atoms with E-state index >= 15 is 0 Å². The molecule has 0 saturated carbocycles. The van der Waals surface area contributed by atoms with Crippen molar-refractivity contribution in [2.45, 2.75) is 66.2 Å². The maximum Gasteiger partial charge on any atom is -0.00915 e. The van der Waals surface area contributed by atoms with Gasteiger partial charge in [0.1, 0.15) is 0 Å². The van der Waals surface area contributed by atoms with Crippen LogP contribution < -0.4 is 0 Å². The molecule has 0 unspecified atom stereocenters. The molecule has 0 aliphatic heterocycles. The zero-order valence-corrected chi connectivity index (χ0v) is 20.0. The van der Waals surface area contributed by atoms with Crippen molar-refractivity contribution >= 4 is 21.5 Å². The van der Waals surface area contributed by atoms with Gasteiger partial charge >= 0.3 is 0 Å². The molecular formula is C32H34. The van der Waals surface area contributed by atoms with Crippen LogP contribution >= 0.6 is 0 Å². The first-order chi connectivity index (χ1) is 15.6. The fourth-order valence-electron chi connectivity index (χ4n) is 6.07. The maximum atomic E-state index is 2.30. The molecule has 0 nitrogen and oxygen atoms in total. The molecule has 162 valence electrons. The molecule has 0 aromatic heterocycles. The van der Waals surface area contributed by atoms with E-state index in [0.717, 1.165) is 12.8 Å². The molecule has 4 aromatic rings. The van der Waals surface area contributed by atoms with Crippen LogP contribution in [0.3, 0.4) is 0 Å². The van der Waals surface area contributed by atoms with Crippen LogP contribution in [0.5, 0.6) is 0 Å². The number of hydrogen-bond donors (Lipinski definition) is 0. The normalized spacial score (nSPS) is 14.6. The Morgan fingerprint density at radius 2 is 0.750 bits per heavy atom. The molecular weight excluding hydrogens is 384 g/mol. The number of benzene rings is 4. The van der Waals surface area contributed by atoms with Crippen molar-refractivity contribution in [1.29, 1.82) is 0 Å². The van der Waals surface area contributed by atoms with Crippen molar-refractivity contribution in [2.75, 3.05) is 0 Å². The number of hydrogen-bond acceptors (Lipinski definition) is 0. The highest BCUT2D eigenvalue weighted by Crippen LogP contribution is 2.34. The maximum absolute atomic E-state index is 2.30. The van der Waals surface area contributed by atoms with Crippen molar-refractivity contribution in [3.05, 3.63) is 105 Å². The SMILES string of the molecule is Cc1c2c(c(C)c3ccccc13)CC=CC2.Cc1c2c(c(C)c3ccccc13)CCCC2. The van der Waals surface area contributed by atoms with Gasteiger partial charge in [-0.15, -0.1) is 0 Å². The third kappa shape index (κ3) is 3.47. The van der Waals surface area contributed by atoms with Crippen molar-refractivity contribution < 1.29 is 0 Å². The minimum atomic E-state index is 1.10. The standard InChI is InChI=1S/C16H18.C16H16/c2*1-11-13-7-3-5-9-15(13)12(2)16-10-6-4-8-14(11)16/h3,5,7,9H,4,6,8,10H2,1-2H3;3-7,9H,8,10H2,1-2H3. The lowest BCUT2D eigenvalue weighted by Crippen LogP contribution is -2.07. The molecule has 4 aromatic carbocycles. The molecule has 0 amide bonds. The zero-order valence-electron chi connectivity index (χ0n) is 20.0. The van der Waals surface area contributed by atoms with E-state index in [1.54, 1.807) is 22.3 Å². The summed E-state index contributed by atoms with van der Waals surface area (Å²) in [5, 5.41) is 5.77. The van der Waals surface area contributed by atoms with Gasteiger partial charge in [-0.05, 0) is 132 Å². The largest absolute Gasteiger partial charge is 0.0838 e. The highest BCUT2D eigenvalue weighted by molar-refractivity contribution is 5.91. The monoisotopic (exact) mass is 418 g/mol. The molecule has 0 radical (unpaired) electrons. The minimum Gasteiger partial charge on any atom is -0.0838 e. The number of fused-ring (bicyclic) bond motifs is 4. The van der Waals surface area contributed by atoms with Gasteiger partial charge in [-0.1, -0.05) is 60.7 Å². The van der Waals surface area contributed by atoms with Crippen LogP contribution in [0, 0.1) is 27.7 Å². The van der Waals surface area contributed by atoms with Gasteiger partial charge in [-0.25, -0.2) is 0 Å². The fraction of sp³-hybridized carbons (Fsp3) is 0.312. The van der Waals surface area contributed by atoms with Gasteiger partial charge in [-0.3, -0.25) is 0 Å². The number of aryl methyl sites for hydroxylation is 4. The van der Waals surface area contributed by atoms with E-state index < -0.39 is 0 Å². The average molecular weight is 419 g/mol. The van der Waals surface area contributed by atoms with Crippen molar-refractivity contribution in [3.63, 3.8) is 0 Å². The smallest absolute Gasteiger partial charge is 0.00915 e. The summed E-state index contributed by atoms with van der Waals surface area (Å²) in [4.78, 5) is 0. The second kappa shape index (κ2) is 8.58. The summed E-state index contributed by atoms with van der Waals surface area (Å²) in [5.74, 6) is 0. The van der Waals surface area contributed by atoms with E-state index in [1.165, 1.54) is 69.5 Å². The average Bonchev–Trinajstić information content (AvgIpc) is 2.86. The first kappa shape index (κ1) is 21.0. The molecule has 0 saturated heterocycles. The topological polar surface area (TPSA) is 0 Å². The molecule has 0 heteroatoms.